The van der Waals surface area contributed by atoms with E-state index in [1.54, 1.807) is 12.1 Å². The molecule has 0 heterocycles. The predicted molar refractivity (Wildman–Crippen MR) is 56.3 cm³/mol. The molecule has 1 rings (SSSR count). The monoisotopic (exact) mass is 260 g/mol. The lowest BCUT2D eigenvalue weighted by Crippen LogP contribution is -1.79. The highest BCUT2D eigenvalue weighted by molar-refractivity contribution is 9.10. The lowest BCUT2D eigenvalue weighted by molar-refractivity contribution is 0.621. The SMILES string of the molecule is Fc1ccc(C#CCCCl)cc1Br. The fraction of sp³-hybridized carbons (Fsp3) is 0.200. The number of rotatable bonds is 1. The van der Waals surface area contributed by atoms with Gasteiger partial charge < -0.3 is 0 Å². The first-order valence-corrected chi connectivity index (χ1v) is 5.06. The maximum absolute atomic E-state index is 12.8. The van der Waals surface area contributed by atoms with Gasteiger partial charge in [-0.3, -0.25) is 0 Å². The van der Waals surface area contributed by atoms with E-state index in [1.807, 2.05) is 0 Å². The molecule has 0 aliphatic rings. The van der Waals surface area contributed by atoms with Crippen LogP contribution in [0.25, 0.3) is 0 Å². The number of benzene rings is 1. The fourth-order valence-electron chi connectivity index (χ4n) is 0.786. The van der Waals surface area contributed by atoms with Crippen LogP contribution in [-0.2, 0) is 0 Å². The van der Waals surface area contributed by atoms with Gasteiger partial charge in [0.1, 0.15) is 5.82 Å². The lowest BCUT2D eigenvalue weighted by atomic mass is 10.2. The Morgan fingerprint density at radius 2 is 2.23 bits per heavy atom. The molecule has 0 spiro atoms. The van der Waals surface area contributed by atoms with Gasteiger partial charge in [0.2, 0.25) is 0 Å². The first kappa shape index (κ1) is 10.6. The summed E-state index contributed by atoms with van der Waals surface area (Å²) < 4.78 is 13.2. The van der Waals surface area contributed by atoms with Crippen LogP contribution in [0.3, 0.4) is 0 Å². The van der Waals surface area contributed by atoms with Gasteiger partial charge in [-0.15, -0.1) is 11.6 Å². The molecular formula is C10H7BrClF. The molecule has 0 radical (unpaired) electrons. The van der Waals surface area contributed by atoms with Crippen LogP contribution >= 0.6 is 27.5 Å². The highest BCUT2D eigenvalue weighted by Crippen LogP contribution is 2.15. The molecule has 0 amide bonds. The zero-order valence-electron chi connectivity index (χ0n) is 6.78. The topological polar surface area (TPSA) is 0 Å². The molecule has 0 unspecified atom stereocenters. The average molecular weight is 262 g/mol. The van der Waals surface area contributed by atoms with E-state index >= 15 is 0 Å². The van der Waals surface area contributed by atoms with Gasteiger partial charge in [-0.05, 0) is 34.1 Å². The van der Waals surface area contributed by atoms with Crippen molar-refractivity contribution in [1.82, 2.24) is 0 Å². The van der Waals surface area contributed by atoms with Gasteiger partial charge in [0.05, 0.1) is 4.47 Å². The van der Waals surface area contributed by atoms with Crippen LogP contribution in [0.15, 0.2) is 22.7 Å². The quantitative estimate of drug-likeness (QED) is 0.535. The van der Waals surface area contributed by atoms with Crippen LogP contribution in [0.5, 0.6) is 0 Å². The van der Waals surface area contributed by atoms with E-state index in [4.69, 9.17) is 11.6 Å². The van der Waals surface area contributed by atoms with Crippen molar-refractivity contribution >= 4 is 27.5 Å². The average Bonchev–Trinajstić information content (AvgIpc) is 2.12. The summed E-state index contributed by atoms with van der Waals surface area (Å²) in [5, 5.41) is 0. The zero-order valence-corrected chi connectivity index (χ0v) is 9.12. The number of hydrogen-bond donors (Lipinski definition) is 0. The van der Waals surface area contributed by atoms with Gasteiger partial charge in [-0.2, -0.15) is 0 Å². The van der Waals surface area contributed by atoms with Gasteiger partial charge in [-0.1, -0.05) is 11.8 Å². The van der Waals surface area contributed by atoms with Gasteiger partial charge >= 0.3 is 0 Å². The summed E-state index contributed by atoms with van der Waals surface area (Å²) in [5.41, 5.74) is 0.790. The Morgan fingerprint density at radius 1 is 1.46 bits per heavy atom. The fourth-order valence-corrected chi connectivity index (χ4v) is 1.26. The number of hydrogen-bond acceptors (Lipinski definition) is 0. The summed E-state index contributed by atoms with van der Waals surface area (Å²) in [7, 11) is 0. The molecule has 0 bridgehead atoms. The summed E-state index contributed by atoms with van der Waals surface area (Å²) in [6, 6.07) is 4.67. The summed E-state index contributed by atoms with van der Waals surface area (Å²) in [6.07, 6.45) is 0.649. The molecule has 0 nitrogen and oxygen atoms in total. The first-order chi connectivity index (χ1) is 6.24. The minimum atomic E-state index is -0.275. The minimum absolute atomic E-state index is 0.275. The Hall–Kier alpha value is -0.520. The largest absolute Gasteiger partial charge is 0.206 e. The lowest BCUT2D eigenvalue weighted by Gasteiger charge is -1.93. The second kappa shape index (κ2) is 5.26. The van der Waals surface area contributed by atoms with E-state index in [0.29, 0.717) is 16.8 Å². The van der Waals surface area contributed by atoms with Crippen molar-refractivity contribution in [2.24, 2.45) is 0 Å². The molecule has 68 valence electrons. The van der Waals surface area contributed by atoms with Gasteiger partial charge in [0, 0.05) is 17.9 Å². The van der Waals surface area contributed by atoms with Crippen LogP contribution < -0.4 is 0 Å². The summed E-state index contributed by atoms with van der Waals surface area (Å²) >= 11 is 8.54. The first-order valence-electron chi connectivity index (χ1n) is 3.74. The summed E-state index contributed by atoms with van der Waals surface area (Å²) in [4.78, 5) is 0. The second-order valence-corrected chi connectivity index (χ2v) is 3.60. The predicted octanol–water partition coefficient (Wildman–Crippen LogP) is 3.57. The maximum Gasteiger partial charge on any atom is 0.137 e. The standard InChI is InChI=1S/C10H7BrClF/c11-9-7-8(3-1-2-6-12)4-5-10(9)13/h4-5,7H,2,6H2. The number of alkyl halides is 1. The Morgan fingerprint density at radius 3 is 2.85 bits per heavy atom. The van der Waals surface area contributed by atoms with Crippen LogP contribution in [-0.4, -0.2) is 5.88 Å². The Balaban J connectivity index is 2.81. The van der Waals surface area contributed by atoms with Gasteiger partial charge in [0.25, 0.3) is 0 Å². The molecule has 0 aliphatic heterocycles. The molecular weight excluding hydrogens is 254 g/mol. The third-order valence-corrected chi connectivity index (χ3v) is 2.17. The summed E-state index contributed by atoms with van der Waals surface area (Å²) in [5.74, 6) is 6.00. The van der Waals surface area contributed by atoms with Gasteiger partial charge in [-0.25, -0.2) is 4.39 Å². The molecule has 0 fully saturated rings. The Bertz CT molecular complexity index is 352. The van der Waals surface area contributed by atoms with Crippen molar-refractivity contribution in [3.8, 4) is 11.8 Å². The molecule has 0 aliphatic carbocycles. The molecule has 1 aromatic carbocycles. The minimum Gasteiger partial charge on any atom is -0.206 e. The highest BCUT2D eigenvalue weighted by Gasteiger charge is 1.97. The third kappa shape index (κ3) is 3.38. The normalized spacial score (nSPS) is 9.15. The van der Waals surface area contributed by atoms with Crippen molar-refractivity contribution in [3.05, 3.63) is 34.1 Å². The third-order valence-electron chi connectivity index (χ3n) is 1.37. The molecule has 0 aromatic heterocycles. The van der Waals surface area contributed by atoms with Crippen LogP contribution in [0.1, 0.15) is 12.0 Å². The second-order valence-electron chi connectivity index (χ2n) is 2.37. The number of halogens is 3. The molecule has 0 saturated carbocycles. The van der Waals surface area contributed by atoms with Crippen molar-refractivity contribution in [2.45, 2.75) is 6.42 Å². The van der Waals surface area contributed by atoms with Crippen molar-refractivity contribution in [2.75, 3.05) is 5.88 Å². The van der Waals surface area contributed by atoms with E-state index in [0.717, 1.165) is 5.56 Å². The van der Waals surface area contributed by atoms with Crippen molar-refractivity contribution in [3.63, 3.8) is 0 Å². The molecule has 1 aromatic rings. The maximum atomic E-state index is 12.8. The van der Waals surface area contributed by atoms with E-state index in [9.17, 15) is 4.39 Å². The van der Waals surface area contributed by atoms with Gasteiger partial charge in [0.15, 0.2) is 0 Å². The van der Waals surface area contributed by atoms with Crippen molar-refractivity contribution in [1.29, 1.82) is 0 Å². The smallest absolute Gasteiger partial charge is 0.137 e. The van der Waals surface area contributed by atoms with E-state index in [1.165, 1.54) is 6.07 Å². The Kier molecular flexibility index (Phi) is 4.27. The van der Waals surface area contributed by atoms with Crippen LogP contribution in [0.4, 0.5) is 4.39 Å². The van der Waals surface area contributed by atoms with Crippen molar-refractivity contribution < 1.29 is 4.39 Å². The highest BCUT2D eigenvalue weighted by atomic mass is 79.9. The van der Waals surface area contributed by atoms with E-state index in [2.05, 4.69) is 27.8 Å². The molecule has 0 saturated heterocycles. The molecule has 0 N–H and O–H groups in total. The Labute approximate surface area is 90.2 Å². The van der Waals surface area contributed by atoms with E-state index < -0.39 is 0 Å². The zero-order chi connectivity index (χ0) is 9.68. The van der Waals surface area contributed by atoms with Crippen LogP contribution in [0, 0.1) is 17.7 Å². The van der Waals surface area contributed by atoms with E-state index in [-0.39, 0.29) is 5.82 Å². The van der Waals surface area contributed by atoms with Crippen LogP contribution in [0.2, 0.25) is 0 Å². The summed E-state index contributed by atoms with van der Waals surface area (Å²) in [6.45, 7) is 0. The molecule has 0 atom stereocenters. The molecule has 13 heavy (non-hydrogen) atoms. The molecule has 3 heteroatoms.